The van der Waals surface area contributed by atoms with Crippen molar-refractivity contribution in [2.75, 3.05) is 30.8 Å². The molecule has 1 amide bonds. The number of aryl methyl sites for hydroxylation is 1. The number of amides is 1. The zero-order valence-electron chi connectivity index (χ0n) is 19.5. The SMILES string of the molecule is CCc1cnc(N2CCC(N3CCC[C@@H](Cc4cc(F)c(S(C)(=O)=O)cc4F)C3=O)CC2)nc1. The Balaban J connectivity index is 1.40. The summed E-state index contributed by atoms with van der Waals surface area (Å²) in [5, 5.41) is 0. The number of benzene rings is 1. The predicted octanol–water partition coefficient (Wildman–Crippen LogP) is 3.17. The van der Waals surface area contributed by atoms with E-state index in [1.807, 2.05) is 17.3 Å². The normalized spacial score (nSPS) is 20.1. The zero-order chi connectivity index (χ0) is 24.5. The van der Waals surface area contributed by atoms with Crippen molar-refractivity contribution in [3.63, 3.8) is 0 Å². The first-order valence-electron chi connectivity index (χ1n) is 11.7. The highest BCUT2D eigenvalue weighted by atomic mass is 32.2. The molecule has 10 heteroatoms. The van der Waals surface area contributed by atoms with Gasteiger partial charge in [0.1, 0.15) is 16.5 Å². The lowest BCUT2D eigenvalue weighted by Gasteiger charge is -2.42. The molecule has 0 spiro atoms. The minimum atomic E-state index is -3.87. The first kappa shape index (κ1) is 24.5. The van der Waals surface area contributed by atoms with Crippen molar-refractivity contribution in [2.45, 2.75) is 56.4 Å². The van der Waals surface area contributed by atoms with E-state index in [0.717, 1.165) is 62.7 Å². The maximum atomic E-state index is 14.6. The number of aromatic nitrogens is 2. The molecule has 0 bridgehead atoms. The van der Waals surface area contributed by atoms with Crippen molar-refractivity contribution in [3.05, 3.63) is 47.3 Å². The summed E-state index contributed by atoms with van der Waals surface area (Å²) in [5.74, 6) is -1.57. The van der Waals surface area contributed by atoms with E-state index in [-0.39, 0.29) is 23.9 Å². The number of likely N-dealkylation sites (tertiary alicyclic amines) is 1. The Kier molecular flexibility index (Phi) is 7.16. The molecule has 4 rings (SSSR count). The molecular weight excluding hydrogens is 462 g/mol. The van der Waals surface area contributed by atoms with Crippen LogP contribution in [0, 0.1) is 17.6 Å². The first-order chi connectivity index (χ1) is 16.2. The lowest BCUT2D eigenvalue weighted by atomic mass is 9.88. The third-order valence-corrected chi connectivity index (χ3v) is 7.95. The number of anilines is 1. The average molecular weight is 493 g/mol. The van der Waals surface area contributed by atoms with Crippen LogP contribution in [-0.4, -0.2) is 61.1 Å². The van der Waals surface area contributed by atoms with Crippen LogP contribution in [0.1, 0.15) is 43.7 Å². The van der Waals surface area contributed by atoms with Gasteiger partial charge in [-0.3, -0.25) is 4.79 Å². The minimum absolute atomic E-state index is 0.0348. The summed E-state index contributed by atoms with van der Waals surface area (Å²) in [4.78, 5) is 25.5. The Morgan fingerprint density at radius 1 is 1.03 bits per heavy atom. The number of sulfone groups is 1. The molecule has 2 fully saturated rings. The maximum Gasteiger partial charge on any atom is 0.226 e. The van der Waals surface area contributed by atoms with E-state index in [1.165, 1.54) is 0 Å². The summed E-state index contributed by atoms with van der Waals surface area (Å²) in [6.45, 7) is 4.21. The van der Waals surface area contributed by atoms with Crippen molar-refractivity contribution in [1.29, 1.82) is 0 Å². The molecule has 1 aromatic heterocycles. The molecule has 3 heterocycles. The molecule has 7 nitrogen and oxygen atoms in total. The van der Waals surface area contributed by atoms with Gasteiger partial charge in [-0.2, -0.15) is 0 Å². The Bertz CT molecular complexity index is 1150. The van der Waals surface area contributed by atoms with E-state index in [2.05, 4.69) is 21.8 Å². The number of hydrogen-bond donors (Lipinski definition) is 0. The van der Waals surface area contributed by atoms with Gasteiger partial charge in [0, 0.05) is 50.2 Å². The van der Waals surface area contributed by atoms with Crippen LogP contribution in [0.2, 0.25) is 0 Å². The van der Waals surface area contributed by atoms with Gasteiger partial charge in [-0.1, -0.05) is 6.92 Å². The topological polar surface area (TPSA) is 83.5 Å². The molecule has 34 heavy (non-hydrogen) atoms. The number of rotatable bonds is 6. The van der Waals surface area contributed by atoms with Crippen LogP contribution < -0.4 is 4.90 Å². The van der Waals surface area contributed by atoms with Gasteiger partial charge in [0.05, 0.1) is 0 Å². The van der Waals surface area contributed by atoms with Gasteiger partial charge in [0.25, 0.3) is 0 Å². The largest absolute Gasteiger partial charge is 0.341 e. The van der Waals surface area contributed by atoms with E-state index in [9.17, 15) is 22.0 Å². The van der Waals surface area contributed by atoms with E-state index in [1.54, 1.807) is 0 Å². The van der Waals surface area contributed by atoms with Crippen LogP contribution in [0.25, 0.3) is 0 Å². The molecule has 2 saturated heterocycles. The van der Waals surface area contributed by atoms with Gasteiger partial charge < -0.3 is 9.80 Å². The molecule has 0 aliphatic carbocycles. The maximum absolute atomic E-state index is 14.6. The lowest BCUT2D eigenvalue weighted by molar-refractivity contribution is -0.141. The van der Waals surface area contributed by atoms with Gasteiger partial charge in [-0.15, -0.1) is 0 Å². The first-order valence-corrected chi connectivity index (χ1v) is 13.6. The number of halogens is 2. The fourth-order valence-electron chi connectivity index (χ4n) is 4.88. The van der Waals surface area contributed by atoms with Gasteiger partial charge in [0.15, 0.2) is 9.84 Å². The Morgan fingerprint density at radius 2 is 1.71 bits per heavy atom. The van der Waals surface area contributed by atoms with Crippen LogP contribution in [-0.2, 0) is 27.5 Å². The van der Waals surface area contributed by atoms with Crippen molar-refractivity contribution >= 4 is 21.7 Å². The molecule has 0 saturated carbocycles. The van der Waals surface area contributed by atoms with Crippen LogP contribution >= 0.6 is 0 Å². The number of carbonyl (C=O) groups is 1. The van der Waals surface area contributed by atoms with Crippen molar-refractivity contribution in [1.82, 2.24) is 14.9 Å². The van der Waals surface area contributed by atoms with E-state index in [0.29, 0.717) is 18.9 Å². The second-order valence-electron chi connectivity index (χ2n) is 9.18. The third kappa shape index (κ3) is 5.21. The Hall–Kier alpha value is -2.62. The Morgan fingerprint density at radius 3 is 2.32 bits per heavy atom. The third-order valence-electron chi connectivity index (χ3n) is 6.84. The van der Waals surface area contributed by atoms with Crippen LogP contribution in [0.15, 0.2) is 29.4 Å². The van der Waals surface area contributed by atoms with Crippen LogP contribution in [0.3, 0.4) is 0 Å². The van der Waals surface area contributed by atoms with E-state index in [4.69, 9.17) is 0 Å². The lowest BCUT2D eigenvalue weighted by Crippen LogP contribution is -2.52. The highest BCUT2D eigenvalue weighted by molar-refractivity contribution is 7.90. The molecule has 0 unspecified atom stereocenters. The highest BCUT2D eigenvalue weighted by Crippen LogP contribution is 2.30. The second-order valence-corrected chi connectivity index (χ2v) is 11.2. The molecule has 2 aliphatic heterocycles. The number of piperidine rings is 2. The number of carbonyl (C=O) groups excluding carboxylic acids is 1. The van der Waals surface area contributed by atoms with E-state index >= 15 is 0 Å². The summed E-state index contributed by atoms with van der Waals surface area (Å²) in [5.41, 5.74) is 1.12. The summed E-state index contributed by atoms with van der Waals surface area (Å²) >= 11 is 0. The summed E-state index contributed by atoms with van der Waals surface area (Å²) in [7, 11) is -3.87. The van der Waals surface area contributed by atoms with Crippen molar-refractivity contribution in [3.8, 4) is 0 Å². The monoisotopic (exact) mass is 492 g/mol. The molecule has 2 aliphatic rings. The van der Waals surface area contributed by atoms with Gasteiger partial charge in [-0.05, 0) is 61.8 Å². The molecule has 1 aromatic carbocycles. The molecule has 2 aromatic rings. The molecule has 184 valence electrons. The van der Waals surface area contributed by atoms with Gasteiger partial charge in [-0.25, -0.2) is 27.2 Å². The zero-order valence-corrected chi connectivity index (χ0v) is 20.3. The number of nitrogens with zero attached hydrogens (tertiary/aromatic N) is 4. The highest BCUT2D eigenvalue weighted by Gasteiger charge is 2.35. The predicted molar refractivity (Wildman–Crippen MR) is 124 cm³/mol. The van der Waals surface area contributed by atoms with E-state index < -0.39 is 32.3 Å². The van der Waals surface area contributed by atoms with Crippen molar-refractivity contribution in [2.24, 2.45) is 5.92 Å². The van der Waals surface area contributed by atoms with Crippen molar-refractivity contribution < 1.29 is 22.0 Å². The summed E-state index contributed by atoms with van der Waals surface area (Å²) in [6.07, 6.45) is 8.45. The van der Waals surface area contributed by atoms with Gasteiger partial charge >= 0.3 is 0 Å². The molecule has 0 N–H and O–H groups in total. The average Bonchev–Trinajstić information content (AvgIpc) is 2.82. The molecule has 0 radical (unpaired) electrons. The summed E-state index contributed by atoms with van der Waals surface area (Å²) in [6, 6.07) is 1.73. The summed E-state index contributed by atoms with van der Waals surface area (Å²) < 4.78 is 52.2. The second kappa shape index (κ2) is 9.93. The van der Waals surface area contributed by atoms with Gasteiger partial charge in [0.2, 0.25) is 11.9 Å². The molecular formula is C24H30F2N4O3S. The fraction of sp³-hybridized carbons (Fsp3) is 0.542. The van der Waals surface area contributed by atoms with Crippen LogP contribution in [0.5, 0.6) is 0 Å². The minimum Gasteiger partial charge on any atom is -0.341 e. The smallest absolute Gasteiger partial charge is 0.226 e. The standard InChI is InChI=1S/C24H30F2N4O3S/c1-3-16-14-27-24(28-15-16)29-9-6-19(7-10-29)30-8-4-5-17(23(30)31)11-18-12-21(26)22(13-20(18)25)34(2,32)33/h12-15,17,19H,3-11H2,1-2H3/t17-/m0/s1. The van der Waals surface area contributed by atoms with Crippen LogP contribution in [0.4, 0.5) is 14.7 Å². The number of hydrogen-bond acceptors (Lipinski definition) is 6. The Labute approximate surface area is 199 Å². The quantitative estimate of drug-likeness (QED) is 0.616. The fourth-order valence-corrected chi connectivity index (χ4v) is 5.61. The molecule has 1 atom stereocenters.